The average molecular weight is 470 g/mol. The number of unbranched alkanes of at least 4 members (excludes halogenated alkanes) is 3. The Balaban J connectivity index is 5.54. The summed E-state index contributed by atoms with van der Waals surface area (Å²) in [5.41, 5.74) is 0.928. The van der Waals surface area contributed by atoms with Gasteiger partial charge in [0.05, 0.1) is 24.6 Å². The van der Waals surface area contributed by atoms with E-state index in [0.29, 0.717) is 10.8 Å². The lowest BCUT2D eigenvalue weighted by Gasteiger charge is -2.34. The minimum Gasteiger partial charge on any atom is -0.0652 e. The van der Waals surface area contributed by atoms with Crippen molar-refractivity contribution >= 4 is 7.26 Å². The Morgan fingerprint density at radius 2 is 1.00 bits per heavy atom. The van der Waals surface area contributed by atoms with Crippen LogP contribution in [0.5, 0.6) is 0 Å². The second kappa shape index (κ2) is 16.2. The highest BCUT2D eigenvalue weighted by molar-refractivity contribution is 7.75. The van der Waals surface area contributed by atoms with E-state index >= 15 is 0 Å². The quantitative estimate of drug-likeness (QED) is 0.175. The van der Waals surface area contributed by atoms with Crippen LogP contribution in [0.4, 0.5) is 0 Å². The van der Waals surface area contributed by atoms with Crippen molar-refractivity contribution in [3.8, 4) is 0 Å². The van der Waals surface area contributed by atoms with Crippen LogP contribution in [0.3, 0.4) is 0 Å². The van der Waals surface area contributed by atoms with E-state index in [1.807, 2.05) is 0 Å². The molecule has 0 aliphatic heterocycles. The smallest absolute Gasteiger partial charge is 0.0622 e. The third kappa shape index (κ3) is 17.0. The van der Waals surface area contributed by atoms with E-state index in [0.717, 1.165) is 17.8 Å². The van der Waals surface area contributed by atoms with Gasteiger partial charge in [-0.2, -0.15) is 0 Å². The molecule has 0 nitrogen and oxygen atoms in total. The van der Waals surface area contributed by atoms with Crippen molar-refractivity contribution in [1.82, 2.24) is 0 Å². The molecule has 0 aliphatic rings. The molecule has 0 amide bonds. The van der Waals surface area contributed by atoms with E-state index in [1.54, 1.807) is 24.6 Å². The molecule has 0 spiro atoms. The SMILES string of the molecule is CCCC[P+](CCCC)(CCCC)CC(CCC(C)CC(C)(C)C)CC(C)CC(C)(C)C. The van der Waals surface area contributed by atoms with Crippen molar-refractivity contribution in [1.29, 1.82) is 0 Å². The van der Waals surface area contributed by atoms with Crippen LogP contribution in [-0.2, 0) is 0 Å². The van der Waals surface area contributed by atoms with Crippen molar-refractivity contribution in [3.05, 3.63) is 0 Å². The zero-order valence-corrected chi connectivity index (χ0v) is 25.7. The first-order valence-electron chi connectivity index (χ1n) is 14.6. The predicted octanol–water partition coefficient (Wildman–Crippen LogP) is 11.3. The largest absolute Gasteiger partial charge is 0.0652 e. The molecule has 0 saturated heterocycles. The van der Waals surface area contributed by atoms with E-state index in [4.69, 9.17) is 0 Å². The Labute approximate surface area is 207 Å². The van der Waals surface area contributed by atoms with Crippen LogP contribution in [-0.4, -0.2) is 24.6 Å². The van der Waals surface area contributed by atoms with Gasteiger partial charge in [0.25, 0.3) is 0 Å². The van der Waals surface area contributed by atoms with Gasteiger partial charge in [0.2, 0.25) is 0 Å². The molecular weight excluding hydrogens is 403 g/mol. The number of rotatable bonds is 18. The van der Waals surface area contributed by atoms with Gasteiger partial charge in [-0.1, -0.05) is 102 Å². The summed E-state index contributed by atoms with van der Waals surface area (Å²) in [6, 6.07) is 0. The first kappa shape index (κ1) is 32.4. The van der Waals surface area contributed by atoms with Gasteiger partial charge in [-0.15, -0.1) is 0 Å². The van der Waals surface area contributed by atoms with E-state index in [1.165, 1.54) is 70.6 Å². The first-order valence-corrected chi connectivity index (χ1v) is 17.1. The van der Waals surface area contributed by atoms with Crippen LogP contribution in [0.1, 0.15) is 147 Å². The normalized spacial score (nSPS) is 16.2. The van der Waals surface area contributed by atoms with Gasteiger partial charge in [-0.3, -0.25) is 0 Å². The number of hydrogen-bond donors (Lipinski definition) is 0. The highest BCUT2D eigenvalue weighted by Crippen LogP contribution is 2.62. The Bertz CT molecular complexity index is 417. The second-order valence-electron chi connectivity index (χ2n) is 14.2. The molecule has 3 unspecified atom stereocenters. The summed E-state index contributed by atoms with van der Waals surface area (Å²) in [4.78, 5) is 0. The van der Waals surface area contributed by atoms with Crippen LogP contribution >= 0.6 is 7.26 Å². The standard InChI is InChI=1S/C31H66P/c1-12-15-20-32(21-16-13-2,22-17-14-3)26-29(23-28(5)25-31(9,10)11)19-18-27(4)24-30(6,7)8/h27-29H,12-26H2,1-11H3/q+1. The molecule has 0 N–H and O–H groups in total. The van der Waals surface area contributed by atoms with Crippen molar-refractivity contribution in [3.63, 3.8) is 0 Å². The van der Waals surface area contributed by atoms with Crippen LogP contribution < -0.4 is 0 Å². The van der Waals surface area contributed by atoms with E-state index in [9.17, 15) is 0 Å². The van der Waals surface area contributed by atoms with E-state index < -0.39 is 7.26 Å². The molecule has 3 atom stereocenters. The summed E-state index contributed by atoms with van der Waals surface area (Å²) in [5.74, 6) is 2.70. The molecule has 32 heavy (non-hydrogen) atoms. The fraction of sp³-hybridized carbons (Fsp3) is 1.00. The maximum atomic E-state index is 2.56. The Morgan fingerprint density at radius 3 is 1.38 bits per heavy atom. The van der Waals surface area contributed by atoms with Gasteiger partial charge in [0.15, 0.2) is 0 Å². The van der Waals surface area contributed by atoms with Crippen LogP contribution in [0.15, 0.2) is 0 Å². The lowest BCUT2D eigenvalue weighted by molar-refractivity contribution is 0.250. The summed E-state index contributed by atoms with van der Waals surface area (Å²) >= 11 is 0. The minimum absolute atomic E-state index is 0.461. The molecule has 0 heterocycles. The summed E-state index contributed by atoms with van der Waals surface area (Å²) in [5, 5.41) is 0. The van der Waals surface area contributed by atoms with Gasteiger partial charge in [-0.25, -0.2) is 0 Å². The molecule has 0 aliphatic carbocycles. The van der Waals surface area contributed by atoms with Crippen LogP contribution in [0.2, 0.25) is 0 Å². The minimum atomic E-state index is -0.810. The zero-order valence-electron chi connectivity index (χ0n) is 24.8. The van der Waals surface area contributed by atoms with Gasteiger partial charge in [0, 0.05) is 7.26 Å². The second-order valence-corrected chi connectivity index (χ2v) is 18.6. The van der Waals surface area contributed by atoms with Gasteiger partial charge < -0.3 is 0 Å². The maximum Gasteiger partial charge on any atom is 0.0622 e. The average Bonchev–Trinajstić information content (AvgIpc) is 2.64. The fourth-order valence-electron chi connectivity index (χ4n) is 6.29. The van der Waals surface area contributed by atoms with E-state index in [2.05, 4.69) is 76.2 Å². The predicted molar refractivity (Wildman–Crippen MR) is 155 cm³/mol. The highest BCUT2D eigenvalue weighted by atomic mass is 31.2. The Hall–Kier alpha value is 0.430. The molecule has 0 fully saturated rings. The molecule has 0 aromatic heterocycles. The molecule has 0 aromatic rings. The molecule has 0 aromatic carbocycles. The summed E-state index contributed by atoms with van der Waals surface area (Å²) in [6.45, 7) is 26.9. The zero-order chi connectivity index (χ0) is 24.8. The molecule has 0 radical (unpaired) electrons. The van der Waals surface area contributed by atoms with Gasteiger partial charge in [-0.05, 0) is 73.5 Å². The lowest BCUT2D eigenvalue weighted by Crippen LogP contribution is -2.22. The van der Waals surface area contributed by atoms with Crippen molar-refractivity contribution in [2.45, 2.75) is 147 Å². The summed E-state index contributed by atoms with van der Waals surface area (Å²) < 4.78 is 0. The summed E-state index contributed by atoms with van der Waals surface area (Å²) in [7, 11) is -0.810. The van der Waals surface area contributed by atoms with E-state index in [-0.39, 0.29) is 0 Å². The first-order chi connectivity index (χ1) is 14.8. The van der Waals surface area contributed by atoms with Gasteiger partial charge >= 0.3 is 0 Å². The molecular formula is C31H66P+. The molecule has 0 bridgehead atoms. The molecule has 1 heteroatoms. The molecule has 0 saturated carbocycles. The maximum absolute atomic E-state index is 2.56. The third-order valence-corrected chi connectivity index (χ3v) is 12.4. The Morgan fingerprint density at radius 1 is 0.594 bits per heavy atom. The van der Waals surface area contributed by atoms with Crippen molar-refractivity contribution in [2.24, 2.45) is 28.6 Å². The molecule has 0 rings (SSSR count). The highest BCUT2D eigenvalue weighted by Gasteiger charge is 2.38. The van der Waals surface area contributed by atoms with Crippen molar-refractivity contribution in [2.75, 3.05) is 24.6 Å². The monoisotopic (exact) mass is 469 g/mol. The Kier molecular flexibility index (Phi) is 16.4. The van der Waals surface area contributed by atoms with Gasteiger partial charge in [0.1, 0.15) is 0 Å². The third-order valence-electron chi connectivity index (χ3n) is 7.33. The molecule has 194 valence electrons. The topological polar surface area (TPSA) is 0 Å². The van der Waals surface area contributed by atoms with Crippen LogP contribution in [0.25, 0.3) is 0 Å². The fourth-order valence-corrected chi connectivity index (χ4v) is 11.9. The summed E-state index contributed by atoms with van der Waals surface area (Å²) in [6.07, 6.45) is 22.1. The van der Waals surface area contributed by atoms with Crippen LogP contribution in [0, 0.1) is 28.6 Å². The number of hydrogen-bond acceptors (Lipinski definition) is 0. The van der Waals surface area contributed by atoms with Crippen molar-refractivity contribution < 1.29 is 0 Å². The lowest BCUT2D eigenvalue weighted by atomic mass is 9.79.